The van der Waals surface area contributed by atoms with Gasteiger partial charge in [-0.2, -0.15) is 0 Å². The third-order valence-corrected chi connectivity index (χ3v) is 4.69. The first-order valence-corrected chi connectivity index (χ1v) is 8.76. The van der Waals surface area contributed by atoms with E-state index in [0.29, 0.717) is 6.04 Å². The fourth-order valence-corrected chi connectivity index (χ4v) is 3.31. The zero-order chi connectivity index (χ0) is 16.1. The van der Waals surface area contributed by atoms with Gasteiger partial charge in [0.25, 0.3) is 0 Å². The molecular weight excluding hydrogens is 280 g/mol. The van der Waals surface area contributed by atoms with Crippen molar-refractivity contribution in [3.05, 3.63) is 70.8 Å². The van der Waals surface area contributed by atoms with Crippen molar-refractivity contribution in [2.75, 3.05) is 13.1 Å². The zero-order valence-corrected chi connectivity index (χ0v) is 14.4. The third-order valence-electron chi connectivity index (χ3n) is 4.69. The molecule has 0 spiro atoms. The summed E-state index contributed by atoms with van der Waals surface area (Å²) < 4.78 is 0. The highest BCUT2D eigenvalue weighted by Crippen LogP contribution is 2.15. The predicted octanol–water partition coefficient (Wildman–Crippen LogP) is 4.06. The molecule has 23 heavy (non-hydrogen) atoms. The van der Waals surface area contributed by atoms with Gasteiger partial charge in [-0.15, -0.1) is 0 Å². The largest absolute Gasteiger partial charge is 0.313 e. The van der Waals surface area contributed by atoms with Crippen molar-refractivity contribution in [1.29, 1.82) is 0 Å². The normalized spacial score (nSPS) is 17.8. The molecule has 0 aliphatic carbocycles. The molecule has 1 N–H and O–H groups in total. The Morgan fingerprint density at radius 2 is 1.39 bits per heavy atom. The van der Waals surface area contributed by atoms with E-state index in [4.69, 9.17) is 0 Å². The van der Waals surface area contributed by atoms with Gasteiger partial charge in [-0.3, -0.25) is 4.90 Å². The molecule has 2 heteroatoms. The lowest BCUT2D eigenvalue weighted by atomic mass is 10.1. The van der Waals surface area contributed by atoms with E-state index < -0.39 is 0 Å². The summed E-state index contributed by atoms with van der Waals surface area (Å²) in [6.45, 7) is 8.64. The molecule has 1 aliphatic rings. The number of hydrogen-bond donors (Lipinski definition) is 1. The van der Waals surface area contributed by atoms with Crippen LogP contribution in [0.25, 0.3) is 0 Å². The van der Waals surface area contributed by atoms with Crippen LogP contribution in [-0.4, -0.2) is 24.0 Å². The Morgan fingerprint density at radius 1 is 0.870 bits per heavy atom. The number of nitrogens with zero attached hydrogens (tertiary/aromatic N) is 1. The van der Waals surface area contributed by atoms with Crippen molar-refractivity contribution in [1.82, 2.24) is 10.2 Å². The van der Waals surface area contributed by atoms with Crippen molar-refractivity contribution in [2.45, 2.75) is 45.8 Å². The lowest BCUT2D eigenvalue weighted by Gasteiger charge is -2.26. The van der Waals surface area contributed by atoms with E-state index >= 15 is 0 Å². The molecule has 2 nitrogen and oxygen atoms in total. The van der Waals surface area contributed by atoms with E-state index in [9.17, 15) is 0 Å². The summed E-state index contributed by atoms with van der Waals surface area (Å²) in [5.41, 5.74) is 5.47. The molecule has 2 aromatic rings. The summed E-state index contributed by atoms with van der Waals surface area (Å²) in [6.07, 6.45) is 2.62. The van der Waals surface area contributed by atoms with Crippen molar-refractivity contribution in [3.8, 4) is 0 Å². The lowest BCUT2D eigenvalue weighted by molar-refractivity contribution is 0.233. The minimum atomic E-state index is 0.644. The van der Waals surface area contributed by atoms with Gasteiger partial charge in [0.1, 0.15) is 0 Å². The van der Waals surface area contributed by atoms with Crippen LogP contribution < -0.4 is 5.32 Å². The van der Waals surface area contributed by atoms with Gasteiger partial charge in [-0.25, -0.2) is 0 Å². The Balaban J connectivity index is 1.69. The van der Waals surface area contributed by atoms with E-state index in [-0.39, 0.29) is 0 Å². The van der Waals surface area contributed by atoms with Gasteiger partial charge >= 0.3 is 0 Å². The van der Waals surface area contributed by atoms with Crippen LogP contribution in [0, 0.1) is 13.8 Å². The summed E-state index contributed by atoms with van der Waals surface area (Å²) in [7, 11) is 0. The molecule has 122 valence electrons. The molecule has 1 saturated heterocycles. The first kappa shape index (κ1) is 16.2. The highest BCUT2D eigenvalue weighted by atomic mass is 15.2. The maximum Gasteiger partial charge on any atom is 0.0237 e. The third kappa shape index (κ3) is 4.92. The highest BCUT2D eigenvalue weighted by molar-refractivity contribution is 5.23. The molecule has 1 heterocycles. The molecule has 0 bridgehead atoms. The van der Waals surface area contributed by atoms with Gasteiger partial charge in [-0.05, 0) is 44.4 Å². The maximum absolute atomic E-state index is 3.64. The second-order valence-electron chi connectivity index (χ2n) is 6.93. The van der Waals surface area contributed by atoms with Gasteiger partial charge in [0, 0.05) is 25.7 Å². The SMILES string of the molecule is Cc1ccc(CN(Cc2ccc(C)cc2)C[C@H]2CCCN2)cc1. The molecule has 0 unspecified atom stereocenters. The van der Waals surface area contributed by atoms with Gasteiger partial charge in [0.2, 0.25) is 0 Å². The molecule has 2 aromatic carbocycles. The van der Waals surface area contributed by atoms with Crippen molar-refractivity contribution in [3.63, 3.8) is 0 Å². The van der Waals surface area contributed by atoms with E-state index in [1.807, 2.05) is 0 Å². The van der Waals surface area contributed by atoms with Crippen LogP contribution in [0.15, 0.2) is 48.5 Å². The van der Waals surface area contributed by atoms with E-state index in [2.05, 4.69) is 72.6 Å². The second kappa shape index (κ2) is 7.76. The molecule has 3 rings (SSSR count). The van der Waals surface area contributed by atoms with Crippen LogP contribution in [-0.2, 0) is 13.1 Å². The summed E-state index contributed by atoms with van der Waals surface area (Å²) in [5, 5.41) is 3.64. The monoisotopic (exact) mass is 308 g/mol. The minimum absolute atomic E-state index is 0.644. The topological polar surface area (TPSA) is 15.3 Å². The van der Waals surface area contributed by atoms with Crippen LogP contribution in [0.4, 0.5) is 0 Å². The Labute approximate surface area is 140 Å². The Morgan fingerprint density at radius 3 is 1.83 bits per heavy atom. The molecule has 0 amide bonds. The highest BCUT2D eigenvalue weighted by Gasteiger charge is 2.18. The quantitative estimate of drug-likeness (QED) is 0.866. The van der Waals surface area contributed by atoms with Crippen molar-refractivity contribution in [2.24, 2.45) is 0 Å². The maximum atomic E-state index is 3.64. The second-order valence-corrected chi connectivity index (χ2v) is 6.93. The average molecular weight is 308 g/mol. The number of aryl methyl sites for hydroxylation is 2. The van der Waals surface area contributed by atoms with Crippen molar-refractivity contribution >= 4 is 0 Å². The summed E-state index contributed by atoms with van der Waals surface area (Å²) in [6, 6.07) is 18.6. The fourth-order valence-electron chi connectivity index (χ4n) is 3.31. The van der Waals surface area contributed by atoms with E-state index in [1.54, 1.807) is 0 Å². The fraction of sp³-hybridized carbons (Fsp3) is 0.429. The summed E-state index contributed by atoms with van der Waals surface area (Å²) in [4.78, 5) is 2.58. The number of hydrogen-bond acceptors (Lipinski definition) is 2. The number of nitrogens with one attached hydrogen (secondary N) is 1. The molecule has 0 aromatic heterocycles. The minimum Gasteiger partial charge on any atom is -0.313 e. The van der Waals surface area contributed by atoms with E-state index in [0.717, 1.165) is 19.6 Å². The molecule has 0 radical (unpaired) electrons. The van der Waals surface area contributed by atoms with Crippen molar-refractivity contribution < 1.29 is 0 Å². The van der Waals surface area contributed by atoms with Crippen LogP contribution in [0.3, 0.4) is 0 Å². The predicted molar refractivity (Wildman–Crippen MR) is 97.5 cm³/mol. The first-order chi connectivity index (χ1) is 11.2. The van der Waals surface area contributed by atoms with Crippen LogP contribution in [0.5, 0.6) is 0 Å². The standard InChI is InChI=1S/C21H28N2/c1-17-5-9-19(10-6-17)14-23(16-21-4-3-13-22-21)15-20-11-7-18(2)8-12-20/h5-12,21-22H,3-4,13-16H2,1-2H3/t21-/m1/s1. The van der Waals surface area contributed by atoms with Gasteiger partial charge < -0.3 is 5.32 Å². The van der Waals surface area contributed by atoms with Gasteiger partial charge in [-0.1, -0.05) is 59.7 Å². The Hall–Kier alpha value is -1.64. The first-order valence-electron chi connectivity index (χ1n) is 8.76. The molecule has 1 fully saturated rings. The Bertz CT molecular complexity index is 547. The van der Waals surface area contributed by atoms with Crippen LogP contribution in [0.2, 0.25) is 0 Å². The molecule has 1 atom stereocenters. The molecular formula is C21H28N2. The van der Waals surface area contributed by atoms with Gasteiger partial charge in [0.15, 0.2) is 0 Å². The summed E-state index contributed by atoms with van der Waals surface area (Å²) >= 11 is 0. The molecule has 0 saturated carbocycles. The van der Waals surface area contributed by atoms with Gasteiger partial charge in [0.05, 0.1) is 0 Å². The number of rotatable bonds is 6. The molecule has 1 aliphatic heterocycles. The lowest BCUT2D eigenvalue weighted by Crippen LogP contribution is -2.36. The van der Waals surface area contributed by atoms with Crippen LogP contribution in [0.1, 0.15) is 35.1 Å². The smallest absolute Gasteiger partial charge is 0.0237 e. The average Bonchev–Trinajstić information content (AvgIpc) is 3.05. The number of benzene rings is 2. The summed E-state index contributed by atoms with van der Waals surface area (Å²) in [5.74, 6) is 0. The van der Waals surface area contributed by atoms with Crippen LogP contribution >= 0.6 is 0 Å². The Kier molecular flexibility index (Phi) is 5.47. The van der Waals surface area contributed by atoms with E-state index in [1.165, 1.54) is 41.6 Å². The zero-order valence-electron chi connectivity index (χ0n) is 14.4.